The second kappa shape index (κ2) is 11.9. The lowest BCUT2D eigenvalue weighted by molar-refractivity contribution is -0.109. The monoisotopic (exact) mass is 296 g/mol. The Labute approximate surface area is 119 Å². The van der Waals surface area contributed by atoms with Crippen LogP contribution in [0, 0.1) is 0 Å². The zero-order valence-electron chi connectivity index (χ0n) is 11.6. The molecule has 0 aliphatic heterocycles. The highest BCUT2D eigenvalue weighted by atomic mass is 32.2. The molecule has 5 N–H and O–H groups in total. The first-order valence-electron chi connectivity index (χ1n) is 6.95. The average molecular weight is 296 g/mol. The normalized spacial score (nSPS) is 18.0. The number of rotatable bonds is 12. The summed E-state index contributed by atoms with van der Waals surface area (Å²) in [6.45, 7) is 1.52. The third-order valence-electron chi connectivity index (χ3n) is 3.01. The molecule has 0 aromatic heterocycles. The Kier molecular flexibility index (Phi) is 12.0. The molecule has 0 unspecified atom stereocenters. The summed E-state index contributed by atoms with van der Waals surface area (Å²) in [4.78, 5) is 0. The van der Waals surface area contributed by atoms with Gasteiger partial charge >= 0.3 is 0 Å². The van der Waals surface area contributed by atoms with E-state index in [9.17, 15) is 15.3 Å². The largest absolute Gasteiger partial charge is 0.394 e. The third kappa shape index (κ3) is 8.83. The van der Waals surface area contributed by atoms with Crippen molar-refractivity contribution in [2.75, 3.05) is 18.1 Å². The Morgan fingerprint density at radius 1 is 0.842 bits per heavy atom. The van der Waals surface area contributed by atoms with Crippen LogP contribution in [0.15, 0.2) is 0 Å². The quantitative estimate of drug-likeness (QED) is 0.328. The second-order valence-electron chi connectivity index (χ2n) is 4.79. The van der Waals surface area contributed by atoms with Gasteiger partial charge in [-0.25, -0.2) is 0 Å². The van der Waals surface area contributed by atoms with Gasteiger partial charge in [0.2, 0.25) is 0 Å². The van der Waals surface area contributed by atoms with E-state index in [4.69, 9.17) is 10.2 Å². The smallest absolute Gasteiger partial charge is 0.111 e. The van der Waals surface area contributed by atoms with Gasteiger partial charge in [0.15, 0.2) is 0 Å². The topological polar surface area (TPSA) is 101 Å². The van der Waals surface area contributed by atoms with E-state index in [0.717, 1.165) is 12.2 Å². The summed E-state index contributed by atoms with van der Waals surface area (Å²) in [5.41, 5.74) is 0. The Bertz CT molecular complexity index is 205. The van der Waals surface area contributed by atoms with E-state index in [1.165, 1.54) is 37.4 Å². The zero-order valence-corrected chi connectivity index (χ0v) is 12.4. The number of hydrogen-bond donors (Lipinski definition) is 5. The molecule has 0 saturated heterocycles. The van der Waals surface area contributed by atoms with E-state index in [-0.39, 0.29) is 0 Å². The van der Waals surface area contributed by atoms with E-state index < -0.39 is 31.0 Å². The summed E-state index contributed by atoms with van der Waals surface area (Å²) >= 11 is 1.52. The molecule has 0 aromatic carbocycles. The number of aliphatic hydroxyl groups excluding tert-OH is 5. The highest BCUT2D eigenvalue weighted by Gasteiger charge is 2.29. The molecule has 116 valence electrons. The second-order valence-corrected chi connectivity index (χ2v) is 5.94. The average Bonchev–Trinajstić information content (AvgIpc) is 2.43. The molecule has 6 heteroatoms. The minimum atomic E-state index is -1.52. The fourth-order valence-electron chi connectivity index (χ4n) is 1.67. The van der Waals surface area contributed by atoms with Gasteiger partial charge in [0.25, 0.3) is 0 Å². The van der Waals surface area contributed by atoms with Crippen LogP contribution in [0.5, 0.6) is 0 Å². The number of hydrogen-bond acceptors (Lipinski definition) is 6. The lowest BCUT2D eigenvalue weighted by atomic mass is 10.0. The van der Waals surface area contributed by atoms with Gasteiger partial charge in [-0.2, -0.15) is 11.8 Å². The van der Waals surface area contributed by atoms with Crippen molar-refractivity contribution in [3.05, 3.63) is 0 Å². The van der Waals surface area contributed by atoms with Crippen LogP contribution in [0.4, 0.5) is 0 Å². The molecular formula is C13H28O5S. The first-order valence-corrected chi connectivity index (χ1v) is 8.10. The van der Waals surface area contributed by atoms with Crippen molar-refractivity contribution in [3.8, 4) is 0 Å². The van der Waals surface area contributed by atoms with Gasteiger partial charge in [-0.15, -0.1) is 0 Å². The summed E-state index contributed by atoms with van der Waals surface area (Å²) in [6, 6.07) is 0. The summed E-state index contributed by atoms with van der Waals surface area (Å²) in [5.74, 6) is 1.22. The highest BCUT2D eigenvalue weighted by Crippen LogP contribution is 2.13. The Hall–Kier alpha value is 0.150. The molecule has 0 rings (SSSR count). The summed E-state index contributed by atoms with van der Waals surface area (Å²) < 4.78 is 0. The standard InChI is InChI=1S/C13H28O5S/c1-2-3-4-5-6-7-19-9-11(16)13(18)12(17)10(15)8-14/h10-18H,2-9H2,1H3/t10-,11-,12-,13-/m1/s1. The number of aliphatic hydroxyl groups is 5. The first kappa shape index (κ1) is 19.1. The van der Waals surface area contributed by atoms with Crippen LogP contribution in [0.25, 0.3) is 0 Å². The molecule has 0 bridgehead atoms. The van der Waals surface area contributed by atoms with Crippen molar-refractivity contribution in [3.63, 3.8) is 0 Å². The van der Waals surface area contributed by atoms with Crippen molar-refractivity contribution < 1.29 is 25.5 Å². The Morgan fingerprint density at radius 2 is 1.42 bits per heavy atom. The third-order valence-corrected chi connectivity index (χ3v) is 4.16. The van der Waals surface area contributed by atoms with Gasteiger partial charge in [-0.05, 0) is 12.2 Å². The predicted molar refractivity (Wildman–Crippen MR) is 77.2 cm³/mol. The molecular weight excluding hydrogens is 268 g/mol. The minimum Gasteiger partial charge on any atom is -0.394 e. The van der Waals surface area contributed by atoms with Crippen LogP contribution in [0.1, 0.15) is 39.0 Å². The van der Waals surface area contributed by atoms with E-state index in [1.807, 2.05) is 0 Å². The predicted octanol–water partition coefficient (Wildman–Crippen LogP) is 0.126. The molecule has 0 radical (unpaired) electrons. The molecule has 0 heterocycles. The Balaban J connectivity index is 3.64. The molecule has 0 saturated carbocycles. The summed E-state index contributed by atoms with van der Waals surface area (Å²) in [5, 5.41) is 46.5. The summed E-state index contributed by atoms with van der Waals surface area (Å²) in [7, 11) is 0. The maximum Gasteiger partial charge on any atom is 0.111 e. The molecule has 0 fully saturated rings. The SMILES string of the molecule is CCCCCCCSC[C@@H](O)[C@@H](O)[C@H](O)[C@H](O)CO. The molecule has 0 aliphatic rings. The van der Waals surface area contributed by atoms with Gasteiger partial charge in [0.1, 0.15) is 18.3 Å². The lowest BCUT2D eigenvalue weighted by Gasteiger charge is -2.25. The van der Waals surface area contributed by atoms with Gasteiger partial charge in [-0.1, -0.05) is 32.6 Å². The maximum absolute atomic E-state index is 9.65. The van der Waals surface area contributed by atoms with Crippen LogP contribution in [0.3, 0.4) is 0 Å². The van der Waals surface area contributed by atoms with Crippen molar-refractivity contribution in [2.24, 2.45) is 0 Å². The van der Waals surface area contributed by atoms with Crippen molar-refractivity contribution in [2.45, 2.75) is 63.4 Å². The number of unbranched alkanes of at least 4 members (excludes halogenated alkanes) is 4. The molecule has 0 amide bonds. The minimum absolute atomic E-state index is 0.310. The molecule has 5 nitrogen and oxygen atoms in total. The molecule has 0 aromatic rings. The molecule has 4 atom stereocenters. The number of thioether (sulfide) groups is 1. The maximum atomic E-state index is 9.65. The molecule has 0 spiro atoms. The van der Waals surface area contributed by atoms with Crippen molar-refractivity contribution in [1.82, 2.24) is 0 Å². The van der Waals surface area contributed by atoms with Crippen LogP contribution >= 0.6 is 11.8 Å². The first-order chi connectivity index (χ1) is 9.04. The van der Waals surface area contributed by atoms with Crippen LogP contribution in [-0.2, 0) is 0 Å². The van der Waals surface area contributed by atoms with Crippen LogP contribution < -0.4 is 0 Å². The highest BCUT2D eigenvalue weighted by molar-refractivity contribution is 7.99. The van der Waals surface area contributed by atoms with Crippen LogP contribution in [0.2, 0.25) is 0 Å². The van der Waals surface area contributed by atoms with E-state index >= 15 is 0 Å². The molecule has 19 heavy (non-hydrogen) atoms. The molecule has 0 aliphatic carbocycles. The van der Waals surface area contributed by atoms with Crippen LogP contribution in [-0.4, -0.2) is 68.1 Å². The van der Waals surface area contributed by atoms with Crippen molar-refractivity contribution >= 4 is 11.8 Å². The zero-order chi connectivity index (χ0) is 14.7. The van der Waals surface area contributed by atoms with Gasteiger partial charge in [0.05, 0.1) is 12.7 Å². The van der Waals surface area contributed by atoms with Crippen molar-refractivity contribution in [1.29, 1.82) is 0 Å². The van der Waals surface area contributed by atoms with E-state index in [2.05, 4.69) is 6.92 Å². The van der Waals surface area contributed by atoms with E-state index in [1.54, 1.807) is 0 Å². The van der Waals surface area contributed by atoms with Gasteiger partial charge in [0, 0.05) is 5.75 Å². The Morgan fingerprint density at radius 3 is 2.00 bits per heavy atom. The fraction of sp³-hybridized carbons (Fsp3) is 1.00. The fourth-order valence-corrected chi connectivity index (χ4v) is 2.69. The van der Waals surface area contributed by atoms with E-state index in [0.29, 0.717) is 5.75 Å². The lowest BCUT2D eigenvalue weighted by Crippen LogP contribution is -2.46. The van der Waals surface area contributed by atoms with Gasteiger partial charge < -0.3 is 25.5 Å². The summed E-state index contributed by atoms with van der Waals surface area (Å²) in [6.07, 6.45) is 0.449. The van der Waals surface area contributed by atoms with Gasteiger partial charge in [-0.3, -0.25) is 0 Å².